The minimum atomic E-state index is -0.806. The third-order valence-electron chi connectivity index (χ3n) is 3.21. The second-order valence-corrected chi connectivity index (χ2v) is 4.72. The van der Waals surface area contributed by atoms with Crippen LogP contribution in [0.2, 0.25) is 0 Å². The van der Waals surface area contributed by atoms with E-state index < -0.39 is 5.97 Å². The topological polar surface area (TPSA) is 92.4 Å². The number of rotatable bonds is 6. The third kappa shape index (κ3) is 5.68. The first-order valence-electron chi connectivity index (χ1n) is 6.36. The quantitative estimate of drug-likeness (QED) is 0.606. The van der Waals surface area contributed by atoms with Crippen molar-refractivity contribution < 1.29 is 14.7 Å². The molecule has 5 heteroatoms. The second kappa shape index (κ2) is 7.27. The molecule has 1 aliphatic rings. The first-order valence-corrected chi connectivity index (χ1v) is 6.36. The van der Waals surface area contributed by atoms with Crippen LogP contribution in [0.5, 0.6) is 0 Å². The Balaban J connectivity index is 2.13. The van der Waals surface area contributed by atoms with Gasteiger partial charge in [0.05, 0.1) is 0 Å². The van der Waals surface area contributed by atoms with E-state index in [4.69, 9.17) is 10.8 Å². The van der Waals surface area contributed by atoms with Gasteiger partial charge in [0.15, 0.2) is 0 Å². The maximum atomic E-state index is 11.6. The number of hydrogen-bond acceptors (Lipinski definition) is 3. The number of amides is 1. The summed E-state index contributed by atoms with van der Waals surface area (Å²) >= 11 is 0. The molecule has 0 aliphatic heterocycles. The molecule has 1 amide bonds. The molecule has 0 radical (unpaired) electrons. The molecule has 0 heterocycles. The summed E-state index contributed by atoms with van der Waals surface area (Å²) in [6.45, 7) is 0. The predicted molar refractivity (Wildman–Crippen MR) is 64.5 cm³/mol. The van der Waals surface area contributed by atoms with E-state index >= 15 is 0 Å². The first kappa shape index (κ1) is 14.0. The van der Waals surface area contributed by atoms with Gasteiger partial charge in [-0.15, -0.1) is 0 Å². The largest absolute Gasteiger partial charge is 0.481 e. The zero-order valence-electron chi connectivity index (χ0n) is 10.2. The van der Waals surface area contributed by atoms with Crippen LogP contribution in [0.1, 0.15) is 51.4 Å². The molecule has 1 aliphatic carbocycles. The highest BCUT2D eigenvalue weighted by molar-refractivity contribution is 5.76. The lowest BCUT2D eigenvalue weighted by molar-refractivity contribution is -0.137. The van der Waals surface area contributed by atoms with Crippen LogP contribution in [-0.2, 0) is 9.59 Å². The van der Waals surface area contributed by atoms with Gasteiger partial charge in [0.2, 0.25) is 5.91 Å². The first-order chi connectivity index (χ1) is 8.09. The van der Waals surface area contributed by atoms with Gasteiger partial charge < -0.3 is 16.2 Å². The van der Waals surface area contributed by atoms with Gasteiger partial charge in [0.25, 0.3) is 0 Å². The number of carboxylic acid groups (broad SMARTS) is 1. The highest BCUT2D eigenvalue weighted by atomic mass is 16.4. The van der Waals surface area contributed by atoms with Gasteiger partial charge in [-0.2, -0.15) is 0 Å². The Morgan fingerprint density at radius 1 is 1.18 bits per heavy atom. The summed E-state index contributed by atoms with van der Waals surface area (Å²) in [7, 11) is 0. The van der Waals surface area contributed by atoms with Gasteiger partial charge in [0.1, 0.15) is 0 Å². The SMILES string of the molecule is NC1CCCCC1NC(=O)CCCCC(=O)O. The fourth-order valence-corrected chi connectivity index (χ4v) is 2.18. The number of nitrogens with one attached hydrogen (secondary N) is 1. The molecule has 0 aromatic heterocycles. The lowest BCUT2D eigenvalue weighted by Gasteiger charge is -2.29. The zero-order chi connectivity index (χ0) is 12.7. The van der Waals surface area contributed by atoms with Crippen LogP contribution in [-0.4, -0.2) is 29.1 Å². The van der Waals surface area contributed by atoms with Crippen molar-refractivity contribution in [3.8, 4) is 0 Å². The fourth-order valence-electron chi connectivity index (χ4n) is 2.18. The van der Waals surface area contributed by atoms with Crippen LogP contribution in [0.15, 0.2) is 0 Å². The minimum absolute atomic E-state index is 0.00209. The summed E-state index contributed by atoms with van der Waals surface area (Å²) in [5.41, 5.74) is 5.93. The molecule has 4 N–H and O–H groups in total. The van der Waals surface area contributed by atoms with E-state index in [1.54, 1.807) is 0 Å². The lowest BCUT2D eigenvalue weighted by Crippen LogP contribution is -2.49. The monoisotopic (exact) mass is 242 g/mol. The molecule has 17 heavy (non-hydrogen) atoms. The van der Waals surface area contributed by atoms with Crippen LogP contribution >= 0.6 is 0 Å². The minimum Gasteiger partial charge on any atom is -0.481 e. The van der Waals surface area contributed by atoms with Crippen molar-refractivity contribution in [2.24, 2.45) is 5.73 Å². The van der Waals surface area contributed by atoms with Crippen LogP contribution in [0.4, 0.5) is 0 Å². The molecule has 1 fully saturated rings. The Kier molecular flexibility index (Phi) is 5.97. The van der Waals surface area contributed by atoms with E-state index in [0.717, 1.165) is 25.7 Å². The smallest absolute Gasteiger partial charge is 0.303 e. The number of nitrogens with two attached hydrogens (primary N) is 1. The molecule has 2 unspecified atom stereocenters. The predicted octanol–water partition coefficient (Wildman–Crippen LogP) is 1.02. The van der Waals surface area contributed by atoms with Crippen molar-refractivity contribution in [1.29, 1.82) is 0 Å². The molecule has 0 aromatic carbocycles. The van der Waals surface area contributed by atoms with Crippen molar-refractivity contribution >= 4 is 11.9 Å². The van der Waals surface area contributed by atoms with Crippen LogP contribution < -0.4 is 11.1 Å². The van der Waals surface area contributed by atoms with E-state index in [1.165, 1.54) is 0 Å². The van der Waals surface area contributed by atoms with Crippen molar-refractivity contribution in [2.75, 3.05) is 0 Å². The average Bonchev–Trinajstić information content (AvgIpc) is 2.27. The summed E-state index contributed by atoms with van der Waals surface area (Å²) in [6, 6.07) is 0.183. The van der Waals surface area contributed by atoms with Crippen LogP contribution in [0, 0.1) is 0 Å². The number of hydrogen-bond donors (Lipinski definition) is 3. The van der Waals surface area contributed by atoms with Gasteiger partial charge in [-0.25, -0.2) is 0 Å². The van der Waals surface area contributed by atoms with E-state index in [-0.39, 0.29) is 24.4 Å². The third-order valence-corrected chi connectivity index (χ3v) is 3.21. The summed E-state index contributed by atoms with van der Waals surface area (Å²) in [6.07, 6.45) is 5.92. The van der Waals surface area contributed by atoms with Crippen molar-refractivity contribution in [3.63, 3.8) is 0 Å². The Hall–Kier alpha value is -1.10. The molecule has 1 saturated carbocycles. The Bertz CT molecular complexity index is 268. The molecule has 2 atom stereocenters. The standard InChI is InChI=1S/C12H22N2O3/c13-9-5-1-2-6-10(9)14-11(15)7-3-4-8-12(16)17/h9-10H,1-8,13H2,(H,14,15)(H,16,17). The van der Waals surface area contributed by atoms with Gasteiger partial charge >= 0.3 is 5.97 Å². The molecular weight excluding hydrogens is 220 g/mol. The molecule has 0 bridgehead atoms. The van der Waals surface area contributed by atoms with Crippen LogP contribution in [0.3, 0.4) is 0 Å². The number of carbonyl (C=O) groups is 2. The maximum absolute atomic E-state index is 11.6. The van der Waals surface area contributed by atoms with Gasteiger partial charge in [-0.3, -0.25) is 9.59 Å². The second-order valence-electron chi connectivity index (χ2n) is 4.72. The van der Waals surface area contributed by atoms with Gasteiger partial charge in [0, 0.05) is 24.9 Å². The summed E-state index contributed by atoms with van der Waals surface area (Å²) in [5, 5.41) is 11.4. The number of aliphatic carboxylic acids is 1. The number of unbranched alkanes of at least 4 members (excludes halogenated alkanes) is 1. The van der Waals surface area contributed by atoms with E-state index in [9.17, 15) is 9.59 Å². The van der Waals surface area contributed by atoms with Crippen LogP contribution in [0.25, 0.3) is 0 Å². The van der Waals surface area contributed by atoms with Gasteiger partial charge in [-0.05, 0) is 25.7 Å². The normalized spacial score (nSPS) is 24.3. The number of carbonyl (C=O) groups excluding carboxylic acids is 1. The molecule has 1 rings (SSSR count). The van der Waals surface area contributed by atoms with Gasteiger partial charge in [-0.1, -0.05) is 12.8 Å². The molecule has 98 valence electrons. The average molecular weight is 242 g/mol. The fraction of sp³-hybridized carbons (Fsp3) is 0.833. The van der Waals surface area contributed by atoms with E-state index in [0.29, 0.717) is 19.3 Å². The Morgan fingerprint density at radius 2 is 1.82 bits per heavy atom. The van der Waals surface area contributed by atoms with Crippen molar-refractivity contribution in [3.05, 3.63) is 0 Å². The summed E-state index contributed by atoms with van der Waals surface area (Å²) in [5.74, 6) is -0.808. The van der Waals surface area contributed by atoms with Crippen molar-refractivity contribution in [1.82, 2.24) is 5.32 Å². The Morgan fingerprint density at radius 3 is 2.47 bits per heavy atom. The summed E-state index contributed by atoms with van der Waals surface area (Å²) in [4.78, 5) is 21.9. The molecule has 0 saturated heterocycles. The molecule has 0 aromatic rings. The number of carboxylic acids is 1. The van der Waals surface area contributed by atoms with Crippen molar-refractivity contribution in [2.45, 2.75) is 63.5 Å². The summed E-state index contributed by atoms with van der Waals surface area (Å²) < 4.78 is 0. The maximum Gasteiger partial charge on any atom is 0.303 e. The van der Waals surface area contributed by atoms with E-state index in [2.05, 4.69) is 5.32 Å². The lowest BCUT2D eigenvalue weighted by atomic mass is 9.91. The highest BCUT2D eigenvalue weighted by Crippen LogP contribution is 2.17. The highest BCUT2D eigenvalue weighted by Gasteiger charge is 2.22. The van der Waals surface area contributed by atoms with E-state index in [1.807, 2.05) is 0 Å². The Labute approximate surface area is 102 Å². The molecular formula is C12H22N2O3. The molecule has 5 nitrogen and oxygen atoms in total. The zero-order valence-corrected chi connectivity index (χ0v) is 10.2. The molecule has 0 spiro atoms.